The lowest BCUT2D eigenvalue weighted by molar-refractivity contribution is -0.116. The first-order valence-electron chi connectivity index (χ1n) is 4.03. The third-order valence-electron chi connectivity index (χ3n) is 1.52. The summed E-state index contributed by atoms with van der Waals surface area (Å²) in [6.45, 7) is 1.52. The monoisotopic (exact) mass is 173 g/mol. The van der Waals surface area contributed by atoms with Crippen molar-refractivity contribution in [3.63, 3.8) is 0 Å². The number of hydrogen-bond donors (Lipinski definition) is 1. The van der Waals surface area contributed by atoms with Gasteiger partial charge in [0.2, 0.25) is 0 Å². The number of hydrogen-bond acceptors (Lipinski definition) is 2. The molecule has 0 fully saturated rings. The van der Waals surface area contributed by atoms with Crippen LogP contribution in [-0.4, -0.2) is 5.78 Å². The van der Waals surface area contributed by atoms with Crippen molar-refractivity contribution in [2.45, 2.75) is 13.3 Å². The molecule has 66 valence electrons. The van der Waals surface area contributed by atoms with Crippen LogP contribution in [0.4, 0.5) is 5.69 Å². The fourth-order valence-electron chi connectivity index (χ4n) is 0.875. The van der Waals surface area contributed by atoms with E-state index in [1.165, 1.54) is 6.92 Å². The molecule has 0 aliphatic rings. The van der Waals surface area contributed by atoms with Crippen molar-refractivity contribution in [1.29, 1.82) is 0 Å². The van der Waals surface area contributed by atoms with Gasteiger partial charge in [-0.05, 0) is 19.1 Å². The molecule has 0 bridgehead atoms. The topological polar surface area (TPSA) is 43.1 Å². The first kappa shape index (κ1) is 9.34. The maximum Gasteiger partial charge on any atom is 0.141 e. The Hall–Kier alpha value is -1.75. The average Bonchev–Trinajstić information content (AvgIpc) is 2.08. The van der Waals surface area contributed by atoms with Crippen LogP contribution < -0.4 is 5.73 Å². The number of benzene rings is 1. The summed E-state index contributed by atoms with van der Waals surface area (Å²) in [4.78, 5) is 10.6. The van der Waals surface area contributed by atoms with E-state index in [-0.39, 0.29) is 12.2 Å². The van der Waals surface area contributed by atoms with Crippen molar-refractivity contribution < 1.29 is 4.79 Å². The van der Waals surface area contributed by atoms with Crippen LogP contribution in [0.3, 0.4) is 0 Å². The Morgan fingerprint density at radius 1 is 1.46 bits per heavy atom. The molecule has 0 heterocycles. The summed E-state index contributed by atoms with van der Waals surface area (Å²) in [5, 5.41) is 0. The number of carbonyl (C=O) groups is 1. The minimum absolute atomic E-state index is 0.0713. The Kier molecular flexibility index (Phi) is 3.10. The second-order valence-electron chi connectivity index (χ2n) is 2.77. The van der Waals surface area contributed by atoms with Crippen LogP contribution >= 0.6 is 0 Å². The molecule has 0 spiro atoms. The molecule has 1 aromatic carbocycles. The number of ketones is 1. The normalized spacial score (nSPS) is 8.69. The number of nitrogen functional groups attached to an aromatic ring is 1. The van der Waals surface area contributed by atoms with E-state index in [2.05, 4.69) is 11.8 Å². The van der Waals surface area contributed by atoms with E-state index >= 15 is 0 Å². The molecule has 0 saturated heterocycles. The van der Waals surface area contributed by atoms with Crippen LogP contribution in [0, 0.1) is 11.8 Å². The number of nitrogens with two attached hydrogens (primary N) is 1. The van der Waals surface area contributed by atoms with Crippen molar-refractivity contribution in [1.82, 2.24) is 0 Å². The summed E-state index contributed by atoms with van der Waals surface area (Å²) in [6.07, 6.45) is 0.286. The quantitative estimate of drug-likeness (QED) is 0.517. The summed E-state index contributed by atoms with van der Waals surface area (Å²) in [6, 6.07) is 7.35. The number of carbonyl (C=O) groups excluding carboxylic acids is 1. The van der Waals surface area contributed by atoms with Gasteiger partial charge in [-0.1, -0.05) is 24.0 Å². The van der Waals surface area contributed by atoms with E-state index in [9.17, 15) is 4.79 Å². The summed E-state index contributed by atoms with van der Waals surface area (Å²) in [5.74, 6) is 5.68. The number of para-hydroxylation sites is 1. The largest absolute Gasteiger partial charge is 0.398 e. The Morgan fingerprint density at radius 3 is 2.77 bits per heavy atom. The van der Waals surface area contributed by atoms with Gasteiger partial charge >= 0.3 is 0 Å². The highest BCUT2D eigenvalue weighted by Crippen LogP contribution is 2.07. The zero-order valence-electron chi connectivity index (χ0n) is 7.50. The van der Waals surface area contributed by atoms with Gasteiger partial charge in [0.05, 0.1) is 6.42 Å². The Bertz CT molecular complexity index is 371. The van der Waals surface area contributed by atoms with Crippen LogP contribution in [0.15, 0.2) is 24.3 Å². The van der Waals surface area contributed by atoms with Crippen LogP contribution in [0.1, 0.15) is 18.9 Å². The minimum atomic E-state index is 0.0713. The summed E-state index contributed by atoms with van der Waals surface area (Å²) in [7, 11) is 0. The third kappa shape index (κ3) is 3.00. The number of anilines is 1. The van der Waals surface area contributed by atoms with Crippen molar-refractivity contribution in [2.75, 3.05) is 5.73 Å². The lowest BCUT2D eigenvalue weighted by Crippen LogP contribution is -1.89. The molecule has 13 heavy (non-hydrogen) atoms. The predicted molar refractivity (Wildman–Crippen MR) is 53.0 cm³/mol. The number of rotatable bonds is 1. The van der Waals surface area contributed by atoms with Gasteiger partial charge in [0.15, 0.2) is 0 Å². The maximum atomic E-state index is 10.6. The lowest BCUT2D eigenvalue weighted by Gasteiger charge is -1.94. The van der Waals surface area contributed by atoms with Crippen molar-refractivity contribution in [2.24, 2.45) is 0 Å². The molecule has 0 unspecified atom stereocenters. The molecular weight excluding hydrogens is 162 g/mol. The zero-order chi connectivity index (χ0) is 9.68. The smallest absolute Gasteiger partial charge is 0.141 e. The van der Waals surface area contributed by atoms with E-state index < -0.39 is 0 Å². The molecule has 2 N–H and O–H groups in total. The molecule has 0 radical (unpaired) electrons. The molecule has 1 aromatic rings. The maximum absolute atomic E-state index is 10.6. The Labute approximate surface area is 77.8 Å². The van der Waals surface area contributed by atoms with Gasteiger partial charge in [0.1, 0.15) is 5.78 Å². The second kappa shape index (κ2) is 4.32. The molecule has 0 aliphatic carbocycles. The Balaban J connectivity index is 2.77. The van der Waals surface area contributed by atoms with Gasteiger partial charge in [-0.3, -0.25) is 4.79 Å². The van der Waals surface area contributed by atoms with Crippen LogP contribution in [0.2, 0.25) is 0 Å². The molecule has 2 heteroatoms. The highest BCUT2D eigenvalue weighted by molar-refractivity contribution is 5.78. The predicted octanol–water partition coefficient (Wildman–Crippen LogP) is 1.60. The SMILES string of the molecule is CC(=O)CC#Cc1ccccc1N. The first-order chi connectivity index (χ1) is 6.20. The third-order valence-corrected chi connectivity index (χ3v) is 1.52. The van der Waals surface area contributed by atoms with Gasteiger partial charge in [0, 0.05) is 11.3 Å². The van der Waals surface area contributed by atoms with E-state index in [1.54, 1.807) is 6.07 Å². The summed E-state index contributed by atoms with van der Waals surface area (Å²) < 4.78 is 0. The molecule has 0 aliphatic heterocycles. The summed E-state index contributed by atoms with van der Waals surface area (Å²) >= 11 is 0. The van der Waals surface area contributed by atoms with E-state index in [0.717, 1.165) is 5.56 Å². The highest BCUT2D eigenvalue weighted by Gasteiger charge is 1.91. The molecule has 2 nitrogen and oxygen atoms in total. The first-order valence-corrected chi connectivity index (χ1v) is 4.03. The average molecular weight is 173 g/mol. The summed E-state index contributed by atoms with van der Waals surface area (Å²) in [5.41, 5.74) is 7.08. The molecule has 0 amide bonds. The van der Waals surface area contributed by atoms with Crippen LogP contribution in [-0.2, 0) is 4.79 Å². The molecule has 0 atom stereocenters. The van der Waals surface area contributed by atoms with Gasteiger partial charge in [-0.2, -0.15) is 0 Å². The van der Waals surface area contributed by atoms with Crippen molar-refractivity contribution in [3.8, 4) is 11.8 Å². The van der Waals surface area contributed by atoms with E-state index in [4.69, 9.17) is 5.73 Å². The second-order valence-corrected chi connectivity index (χ2v) is 2.77. The molecule has 1 rings (SSSR count). The van der Waals surface area contributed by atoms with Gasteiger partial charge in [-0.15, -0.1) is 0 Å². The zero-order valence-corrected chi connectivity index (χ0v) is 7.50. The van der Waals surface area contributed by atoms with E-state index in [0.29, 0.717) is 5.69 Å². The van der Waals surface area contributed by atoms with Crippen LogP contribution in [0.25, 0.3) is 0 Å². The van der Waals surface area contributed by atoms with E-state index in [1.807, 2.05) is 18.2 Å². The fraction of sp³-hybridized carbons (Fsp3) is 0.182. The van der Waals surface area contributed by atoms with Gasteiger partial charge in [0.25, 0.3) is 0 Å². The molecular formula is C11H11NO. The fourth-order valence-corrected chi connectivity index (χ4v) is 0.875. The molecule has 0 saturated carbocycles. The van der Waals surface area contributed by atoms with Gasteiger partial charge in [-0.25, -0.2) is 0 Å². The highest BCUT2D eigenvalue weighted by atomic mass is 16.1. The Morgan fingerprint density at radius 2 is 2.15 bits per heavy atom. The van der Waals surface area contributed by atoms with Crippen LogP contribution in [0.5, 0.6) is 0 Å². The van der Waals surface area contributed by atoms with Gasteiger partial charge < -0.3 is 5.73 Å². The molecule has 0 aromatic heterocycles. The number of Topliss-reactive ketones (excluding diaryl/α,β-unsaturated/α-hetero) is 1. The minimum Gasteiger partial charge on any atom is -0.398 e. The van der Waals surface area contributed by atoms with Crippen molar-refractivity contribution >= 4 is 11.5 Å². The lowest BCUT2D eigenvalue weighted by atomic mass is 10.2. The van der Waals surface area contributed by atoms with Crippen molar-refractivity contribution in [3.05, 3.63) is 29.8 Å². The standard InChI is InChI=1S/C11H11NO/c1-9(13)5-4-7-10-6-2-3-8-11(10)12/h2-3,6,8H,5,12H2,1H3.